The van der Waals surface area contributed by atoms with Crippen LogP contribution in [0.1, 0.15) is 46.0 Å². The molecule has 0 spiro atoms. The van der Waals surface area contributed by atoms with E-state index in [1.54, 1.807) is 12.3 Å². The summed E-state index contributed by atoms with van der Waals surface area (Å²) in [5.41, 5.74) is -1.50. The molecule has 0 saturated carbocycles. The van der Waals surface area contributed by atoms with Crippen LogP contribution in [0, 0.1) is 5.92 Å². The lowest BCUT2D eigenvalue weighted by molar-refractivity contribution is -0.146. The Balaban J connectivity index is 1.99. The molecule has 2 rings (SSSR count). The van der Waals surface area contributed by atoms with E-state index in [2.05, 4.69) is 0 Å². The molecule has 0 aromatic heterocycles. The fraction of sp³-hybridized carbons (Fsp3) is 0.519. The lowest BCUT2D eigenvalue weighted by Gasteiger charge is -2.30. The summed E-state index contributed by atoms with van der Waals surface area (Å²) in [5, 5.41) is 22.3. The first-order valence-corrected chi connectivity index (χ1v) is 13.3. The number of rotatable bonds is 15. The molecule has 0 saturated heterocycles. The molecule has 9 heteroatoms. The third kappa shape index (κ3) is 9.44. The fourth-order valence-electron chi connectivity index (χ4n) is 4.08. The summed E-state index contributed by atoms with van der Waals surface area (Å²) in [7, 11) is 0. The van der Waals surface area contributed by atoms with Crippen LogP contribution in [-0.4, -0.2) is 65.2 Å². The predicted molar refractivity (Wildman–Crippen MR) is 137 cm³/mol. The van der Waals surface area contributed by atoms with Crippen LogP contribution in [0.3, 0.4) is 0 Å². The second-order valence-corrected chi connectivity index (χ2v) is 9.52. The minimum Gasteiger partial charge on any atom is -0.494 e. The van der Waals surface area contributed by atoms with E-state index in [1.165, 1.54) is 37.8 Å². The maximum Gasteiger partial charge on any atom is 0.303 e. The average Bonchev–Trinajstić information content (AvgIpc) is 3.09. The molecule has 4 atom stereocenters. The zero-order valence-electron chi connectivity index (χ0n) is 21.1. The van der Waals surface area contributed by atoms with E-state index in [-0.39, 0.29) is 18.8 Å². The maximum atomic E-state index is 13.0. The Morgan fingerprint density at radius 3 is 2.44 bits per heavy atom. The average molecular weight is 521 g/mol. The minimum atomic E-state index is -1.50. The molecule has 0 aliphatic heterocycles. The largest absolute Gasteiger partial charge is 0.494 e. The maximum absolute atomic E-state index is 13.0. The number of unbranched alkanes of at least 4 members (excludes halogenated alkanes) is 1. The van der Waals surface area contributed by atoms with Crippen molar-refractivity contribution in [2.75, 3.05) is 19.5 Å². The normalized spacial score (nSPS) is 21.2. The number of hydrogen-bond acceptors (Lipinski definition) is 9. The van der Waals surface area contributed by atoms with Gasteiger partial charge in [-0.2, -0.15) is 0 Å². The van der Waals surface area contributed by atoms with Crippen molar-refractivity contribution in [3.05, 3.63) is 53.5 Å². The molecule has 1 aromatic rings. The number of Topliss-reactive ketones (excluding diaryl/α,β-unsaturated/α-hetero) is 1. The summed E-state index contributed by atoms with van der Waals surface area (Å²) in [6.45, 7) is 3.24. The Morgan fingerprint density at radius 2 is 1.81 bits per heavy atom. The summed E-state index contributed by atoms with van der Waals surface area (Å²) in [6, 6.07) is 9.43. The van der Waals surface area contributed by atoms with Crippen molar-refractivity contribution in [2.45, 2.75) is 63.8 Å². The molecule has 4 unspecified atom stereocenters. The number of ether oxygens (including phenoxy) is 3. The first-order valence-electron chi connectivity index (χ1n) is 12.0. The van der Waals surface area contributed by atoms with Gasteiger partial charge in [0.1, 0.15) is 11.9 Å². The van der Waals surface area contributed by atoms with Crippen LogP contribution in [0.2, 0.25) is 0 Å². The third-order valence-corrected chi connectivity index (χ3v) is 6.53. The van der Waals surface area contributed by atoms with Gasteiger partial charge in [0.05, 0.1) is 30.8 Å². The van der Waals surface area contributed by atoms with Gasteiger partial charge in [0.15, 0.2) is 5.78 Å². The molecule has 198 valence electrons. The molecule has 0 heterocycles. The molecule has 1 aliphatic rings. The number of benzene rings is 1. The topological polar surface area (TPSA) is 119 Å². The van der Waals surface area contributed by atoms with E-state index in [0.29, 0.717) is 37.2 Å². The number of aliphatic hydroxyl groups excluding tert-OH is 1. The summed E-state index contributed by atoms with van der Waals surface area (Å²) in [5.74, 6) is -1.51. The van der Waals surface area contributed by atoms with Crippen molar-refractivity contribution in [2.24, 2.45) is 5.92 Å². The van der Waals surface area contributed by atoms with Gasteiger partial charge in [-0.3, -0.25) is 14.4 Å². The van der Waals surface area contributed by atoms with Gasteiger partial charge in [-0.15, -0.1) is 11.8 Å². The number of esters is 2. The van der Waals surface area contributed by atoms with Gasteiger partial charge in [-0.05, 0) is 62.6 Å². The van der Waals surface area contributed by atoms with Gasteiger partial charge in [-0.1, -0.05) is 24.3 Å². The van der Waals surface area contributed by atoms with E-state index >= 15 is 0 Å². The molecule has 0 bridgehead atoms. The quantitative estimate of drug-likeness (QED) is 0.203. The Kier molecular flexibility index (Phi) is 12.2. The summed E-state index contributed by atoms with van der Waals surface area (Å²) in [6.07, 6.45) is 6.62. The lowest BCUT2D eigenvalue weighted by atomic mass is 9.81. The van der Waals surface area contributed by atoms with Gasteiger partial charge in [-0.25, -0.2) is 0 Å². The van der Waals surface area contributed by atoms with Crippen molar-refractivity contribution >= 4 is 29.5 Å². The number of allylic oxidation sites excluding steroid dienone is 1. The van der Waals surface area contributed by atoms with Crippen molar-refractivity contribution in [3.8, 4) is 5.75 Å². The van der Waals surface area contributed by atoms with Crippen LogP contribution in [0.4, 0.5) is 0 Å². The Labute approximate surface area is 216 Å². The Bertz CT molecular complexity index is 929. The van der Waals surface area contributed by atoms with E-state index < -0.39 is 35.7 Å². The van der Waals surface area contributed by atoms with Crippen LogP contribution >= 0.6 is 11.8 Å². The highest BCUT2D eigenvalue weighted by Gasteiger charge is 2.49. The molecule has 1 aliphatic carbocycles. The third-order valence-electron chi connectivity index (χ3n) is 5.77. The number of para-hydroxylation sites is 1. The van der Waals surface area contributed by atoms with Gasteiger partial charge in [0, 0.05) is 18.8 Å². The minimum absolute atomic E-state index is 0.180. The van der Waals surface area contributed by atoms with E-state index in [0.717, 1.165) is 5.75 Å². The number of hydrogen-bond donors (Lipinski definition) is 2. The van der Waals surface area contributed by atoms with Crippen LogP contribution in [-0.2, 0) is 23.9 Å². The molecule has 0 fully saturated rings. The molecule has 36 heavy (non-hydrogen) atoms. The van der Waals surface area contributed by atoms with Gasteiger partial charge in [0.25, 0.3) is 0 Å². The predicted octanol–water partition coefficient (Wildman–Crippen LogP) is 3.60. The molecular weight excluding hydrogens is 484 g/mol. The van der Waals surface area contributed by atoms with Crippen LogP contribution in [0.25, 0.3) is 0 Å². The smallest absolute Gasteiger partial charge is 0.303 e. The van der Waals surface area contributed by atoms with Gasteiger partial charge < -0.3 is 24.4 Å². The zero-order chi connectivity index (χ0) is 26.6. The van der Waals surface area contributed by atoms with Crippen molar-refractivity contribution in [1.82, 2.24) is 0 Å². The number of carbonyl (C=O) groups excluding carboxylic acids is 3. The molecule has 0 radical (unpaired) electrons. The van der Waals surface area contributed by atoms with Crippen molar-refractivity contribution in [3.63, 3.8) is 0 Å². The molecule has 8 nitrogen and oxygen atoms in total. The molecule has 2 N–H and O–H groups in total. The van der Waals surface area contributed by atoms with Crippen molar-refractivity contribution in [1.29, 1.82) is 0 Å². The van der Waals surface area contributed by atoms with Gasteiger partial charge in [0.2, 0.25) is 0 Å². The van der Waals surface area contributed by atoms with E-state index in [1.807, 2.05) is 30.3 Å². The van der Waals surface area contributed by atoms with E-state index in [4.69, 9.17) is 14.2 Å². The molecular formula is C27H36O8S. The van der Waals surface area contributed by atoms with Gasteiger partial charge >= 0.3 is 11.9 Å². The first kappa shape index (κ1) is 29.6. The summed E-state index contributed by atoms with van der Waals surface area (Å²) < 4.78 is 15.9. The fourth-order valence-corrected chi connectivity index (χ4v) is 4.73. The number of aliphatic hydroxyl groups is 2. The first-order chi connectivity index (χ1) is 17.2. The van der Waals surface area contributed by atoms with Crippen molar-refractivity contribution < 1.29 is 38.8 Å². The summed E-state index contributed by atoms with van der Waals surface area (Å²) in [4.78, 5) is 35.8. The number of carbonyl (C=O) groups is 3. The van der Waals surface area contributed by atoms with Crippen LogP contribution < -0.4 is 4.74 Å². The summed E-state index contributed by atoms with van der Waals surface area (Å²) >= 11 is 1.23. The standard InChI is InChI=1S/C27H36O8S/c1-19(28)33-17-9-12-22(35-20(2)29)13-14-23(30)25-26(31)24(36-3)18-27(25,32)15-7-8-16-34-21-10-5-4-6-11-21/h4-6,10-11,13-14,18,22-23,25,30,32H,7-9,12,15-17H2,1-3H3/b14-13+. The SMILES string of the molecule is CSC1=CC(O)(CCCCOc2ccccc2)C(C(O)/C=C/C(CCCOC(C)=O)OC(C)=O)C1=O. The Hall–Kier alpha value is -2.62. The number of thioether (sulfide) groups is 1. The van der Waals surface area contributed by atoms with E-state index in [9.17, 15) is 24.6 Å². The second kappa shape index (κ2) is 14.8. The highest BCUT2D eigenvalue weighted by Crippen LogP contribution is 2.41. The highest BCUT2D eigenvalue weighted by atomic mass is 32.2. The lowest BCUT2D eigenvalue weighted by Crippen LogP contribution is -2.43. The van der Waals surface area contributed by atoms with Crippen LogP contribution in [0.5, 0.6) is 5.75 Å². The molecule has 1 aromatic carbocycles. The molecule has 0 amide bonds. The monoisotopic (exact) mass is 520 g/mol. The van der Waals surface area contributed by atoms with Crippen LogP contribution in [0.15, 0.2) is 53.5 Å². The zero-order valence-corrected chi connectivity index (χ0v) is 21.9. The highest BCUT2D eigenvalue weighted by molar-refractivity contribution is 8.03. The second-order valence-electron chi connectivity index (χ2n) is 8.67. The Morgan fingerprint density at radius 1 is 1.08 bits per heavy atom. The number of ketones is 1.